The maximum atomic E-state index is 10.3. The van der Waals surface area contributed by atoms with E-state index in [0.717, 1.165) is 12.8 Å². The first kappa shape index (κ1) is 12.2. The fourth-order valence-electron chi connectivity index (χ4n) is 1.07. The van der Waals surface area contributed by atoms with E-state index in [0.29, 0.717) is 6.42 Å². The number of alkyl halides is 1. The minimum absolute atomic E-state index is 0.0623. The van der Waals surface area contributed by atoms with Gasteiger partial charge in [-0.1, -0.05) is 6.42 Å². The third kappa shape index (κ3) is 7.61. The molecule has 0 saturated heterocycles. The van der Waals surface area contributed by atoms with Crippen LogP contribution in [-0.4, -0.2) is 16.5 Å². The van der Waals surface area contributed by atoms with Crippen LogP contribution in [-0.2, 0) is 4.79 Å². The minimum Gasteiger partial charge on any atom is -0.481 e. The van der Waals surface area contributed by atoms with Crippen molar-refractivity contribution in [3.05, 3.63) is 0 Å². The lowest BCUT2D eigenvalue weighted by atomic mass is 9.99. The van der Waals surface area contributed by atoms with E-state index in [1.807, 2.05) is 13.0 Å². The summed E-state index contributed by atoms with van der Waals surface area (Å²) in [6, 6.07) is 1.98. The molecule has 0 saturated carbocycles. The van der Waals surface area contributed by atoms with Crippen LogP contribution < -0.4 is 0 Å². The van der Waals surface area contributed by atoms with Gasteiger partial charge in [0.2, 0.25) is 0 Å². The number of carboxylic acids is 1. The molecule has 0 aliphatic rings. The minimum atomic E-state index is -0.912. The van der Waals surface area contributed by atoms with Crippen LogP contribution in [0.4, 0.5) is 0 Å². The summed E-state index contributed by atoms with van der Waals surface area (Å²) in [6.45, 7) is 1.89. The topological polar surface area (TPSA) is 61.1 Å². The molecule has 74 valence electrons. The maximum absolute atomic E-state index is 10.3. The molecule has 0 heterocycles. The van der Waals surface area contributed by atoms with Gasteiger partial charge in [0.25, 0.3) is 0 Å². The van der Waals surface area contributed by atoms with Gasteiger partial charge in [-0.05, 0) is 19.8 Å². The lowest BCUT2D eigenvalue weighted by Crippen LogP contribution is -2.06. The molecule has 0 amide bonds. The first-order valence-electron chi connectivity index (χ1n) is 4.31. The van der Waals surface area contributed by atoms with E-state index in [4.69, 9.17) is 22.0 Å². The van der Waals surface area contributed by atoms with Crippen LogP contribution in [0.15, 0.2) is 0 Å². The molecule has 3 nitrogen and oxygen atoms in total. The Hall–Kier alpha value is -0.750. The summed E-state index contributed by atoms with van der Waals surface area (Å²) in [5, 5.41) is 17.1. The molecule has 13 heavy (non-hydrogen) atoms. The van der Waals surface area contributed by atoms with Crippen molar-refractivity contribution in [2.75, 3.05) is 0 Å². The van der Waals surface area contributed by atoms with Gasteiger partial charge in [0.05, 0.1) is 18.4 Å². The van der Waals surface area contributed by atoms with Crippen LogP contribution in [0.5, 0.6) is 0 Å². The highest BCUT2D eigenvalue weighted by Gasteiger charge is 2.11. The molecule has 0 rings (SSSR count). The number of halogens is 1. The molecule has 1 unspecified atom stereocenters. The zero-order valence-electron chi connectivity index (χ0n) is 7.66. The fraction of sp³-hybridized carbons (Fsp3) is 0.778. The van der Waals surface area contributed by atoms with Crippen LogP contribution >= 0.6 is 11.6 Å². The molecule has 2 atom stereocenters. The fourth-order valence-corrected chi connectivity index (χ4v) is 1.22. The number of carboxylic acid groups (broad SMARTS) is 1. The molecular formula is C9H14ClNO2. The standard InChI is InChI=1S/C9H14ClNO2/c1-7(10)3-2-4-8(6-11)5-9(12)13/h7-8H,2-5H2,1H3,(H,12,13)/t7?,8-/m1/s1. The Morgan fingerprint density at radius 2 is 2.23 bits per heavy atom. The molecule has 0 radical (unpaired) electrons. The second-order valence-corrected chi connectivity index (χ2v) is 3.88. The van der Waals surface area contributed by atoms with Gasteiger partial charge in [-0.25, -0.2) is 0 Å². The number of aliphatic carboxylic acids is 1. The van der Waals surface area contributed by atoms with Crippen molar-refractivity contribution in [2.45, 2.75) is 38.0 Å². The molecule has 0 aromatic carbocycles. The number of rotatable bonds is 6. The molecule has 0 fully saturated rings. The number of nitriles is 1. The molecule has 1 N–H and O–H groups in total. The SMILES string of the molecule is CC(Cl)CCC[C@@H](C#N)CC(=O)O. The highest BCUT2D eigenvalue weighted by molar-refractivity contribution is 6.20. The van der Waals surface area contributed by atoms with Crippen LogP contribution in [0.25, 0.3) is 0 Å². The zero-order chi connectivity index (χ0) is 10.3. The average molecular weight is 204 g/mol. The Morgan fingerprint density at radius 1 is 1.62 bits per heavy atom. The van der Waals surface area contributed by atoms with Crippen LogP contribution in [0.2, 0.25) is 0 Å². The van der Waals surface area contributed by atoms with E-state index in [-0.39, 0.29) is 17.7 Å². The summed E-state index contributed by atoms with van der Waals surface area (Å²) in [4.78, 5) is 10.3. The van der Waals surface area contributed by atoms with Crippen LogP contribution in [0, 0.1) is 17.2 Å². The number of hydrogen-bond acceptors (Lipinski definition) is 2. The van der Waals surface area contributed by atoms with Gasteiger partial charge in [-0.15, -0.1) is 11.6 Å². The second kappa shape index (κ2) is 6.73. The van der Waals surface area contributed by atoms with E-state index < -0.39 is 5.97 Å². The quantitative estimate of drug-likeness (QED) is 0.675. The van der Waals surface area contributed by atoms with E-state index in [1.165, 1.54) is 0 Å². The predicted octanol–water partition coefficient (Wildman–Crippen LogP) is 2.40. The second-order valence-electron chi connectivity index (χ2n) is 3.14. The normalized spacial score (nSPS) is 14.5. The Morgan fingerprint density at radius 3 is 2.62 bits per heavy atom. The summed E-state index contributed by atoms with van der Waals surface area (Å²) in [5.74, 6) is -1.28. The summed E-state index contributed by atoms with van der Waals surface area (Å²) in [6.07, 6.45) is 2.21. The molecule has 4 heteroatoms. The number of hydrogen-bond donors (Lipinski definition) is 1. The summed E-state index contributed by atoms with van der Waals surface area (Å²) in [7, 11) is 0. The van der Waals surface area contributed by atoms with Gasteiger partial charge in [-0.3, -0.25) is 4.79 Å². The summed E-state index contributed by atoms with van der Waals surface area (Å²) in [5.41, 5.74) is 0. The molecule has 0 spiro atoms. The maximum Gasteiger partial charge on any atom is 0.304 e. The van der Waals surface area contributed by atoms with Gasteiger partial charge < -0.3 is 5.11 Å². The van der Waals surface area contributed by atoms with Gasteiger partial charge in [-0.2, -0.15) is 5.26 Å². The van der Waals surface area contributed by atoms with Gasteiger partial charge >= 0.3 is 5.97 Å². The van der Waals surface area contributed by atoms with Crippen molar-refractivity contribution in [3.63, 3.8) is 0 Å². The smallest absolute Gasteiger partial charge is 0.304 e. The van der Waals surface area contributed by atoms with Crippen LogP contribution in [0.1, 0.15) is 32.6 Å². The molecular weight excluding hydrogens is 190 g/mol. The van der Waals surface area contributed by atoms with Crippen molar-refractivity contribution in [3.8, 4) is 6.07 Å². The third-order valence-electron chi connectivity index (χ3n) is 1.76. The molecule has 0 aliphatic heterocycles. The predicted molar refractivity (Wildman–Crippen MR) is 50.5 cm³/mol. The van der Waals surface area contributed by atoms with Crippen molar-refractivity contribution >= 4 is 17.6 Å². The molecule has 0 aromatic rings. The van der Waals surface area contributed by atoms with Crippen molar-refractivity contribution in [1.29, 1.82) is 5.26 Å². The van der Waals surface area contributed by atoms with Crippen molar-refractivity contribution in [2.24, 2.45) is 5.92 Å². The Bertz CT molecular complexity index is 198. The third-order valence-corrected chi connectivity index (χ3v) is 1.98. The first-order chi connectivity index (χ1) is 6.06. The lowest BCUT2D eigenvalue weighted by molar-refractivity contribution is -0.137. The van der Waals surface area contributed by atoms with Crippen molar-refractivity contribution in [1.82, 2.24) is 0 Å². The summed E-state index contributed by atoms with van der Waals surface area (Å²) >= 11 is 5.71. The molecule has 0 aromatic heterocycles. The highest BCUT2D eigenvalue weighted by atomic mass is 35.5. The van der Waals surface area contributed by atoms with E-state index in [9.17, 15) is 4.79 Å². The monoisotopic (exact) mass is 203 g/mol. The Labute approximate surface area is 83.3 Å². The Balaban J connectivity index is 3.62. The van der Waals surface area contributed by atoms with Crippen molar-refractivity contribution < 1.29 is 9.90 Å². The van der Waals surface area contributed by atoms with E-state index in [1.54, 1.807) is 0 Å². The number of carbonyl (C=O) groups is 1. The van der Waals surface area contributed by atoms with Crippen LogP contribution in [0.3, 0.4) is 0 Å². The zero-order valence-corrected chi connectivity index (χ0v) is 8.42. The molecule has 0 aliphatic carbocycles. The van der Waals surface area contributed by atoms with E-state index >= 15 is 0 Å². The van der Waals surface area contributed by atoms with Gasteiger partial charge in [0, 0.05) is 5.38 Å². The first-order valence-corrected chi connectivity index (χ1v) is 4.75. The van der Waals surface area contributed by atoms with Gasteiger partial charge in [0.15, 0.2) is 0 Å². The molecule has 0 bridgehead atoms. The largest absolute Gasteiger partial charge is 0.481 e. The Kier molecular flexibility index (Phi) is 6.34. The lowest BCUT2D eigenvalue weighted by Gasteiger charge is -2.06. The van der Waals surface area contributed by atoms with Gasteiger partial charge in [0.1, 0.15) is 0 Å². The van der Waals surface area contributed by atoms with E-state index in [2.05, 4.69) is 0 Å². The number of nitrogens with zero attached hydrogens (tertiary/aromatic N) is 1. The summed E-state index contributed by atoms with van der Waals surface area (Å²) < 4.78 is 0. The average Bonchev–Trinajstić information content (AvgIpc) is 2.01. The highest BCUT2D eigenvalue weighted by Crippen LogP contribution is 2.14.